The van der Waals surface area contributed by atoms with E-state index in [4.69, 9.17) is 11.6 Å². The topological polar surface area (TPSA) is 30.2 Å². The van der Waals surface area contributed by atoms with Gasteiger partial charge in [0.2, 0.25) is 0 Å². The van der Waals surface area contributed by atoms with E-state index in [1.807, 2.05) is 0 Å². The number of nitrogens with zero attached hydrogens (tertiary/aromatic N) is 3. The van der Waals surface area contributed by atoms with Crippen LogP contribution in [0.15, 0.2) is 36.5 Å². The van der Waals surface area contributed by atoms with Gasteiger partial charge in [0, 0.05) is 5.56 Å². The Kier molecular flexibility index (Phi) is 3.13. The van der Waals surface area contributed by atoms with Gasteiger partial charge >= 0.3 is 6.18 Å². The van der Waals surface area contributed by atoms with Crippen LogP contribution in [0.2, 0.25) is 5.15 Å². The molecule has 0 aliphatic carbocycles. The summed E-state index contributed by atoms with van der Waals surface area (Å²) in [5, 5.41) is 4.43. The van der Waals surface area contributed by atoms with Crippen LogP contribution >= 0.6 is 11.6 Å². The predicted octanol–water partition coefficient (Wildman–Crippen LogP) is 4.38. The van der Waals surface area contributed by atoms with E-state index in [0.717, 1.165) is 17.7 Å². The SMILES string of the molecule is Cc1cc2ncc(-c3cccc(C(F)(F)F)c3)n2nc1Cl. The van der Waals surface area contributed by atoms with Gasteiger partial charge in [0.25, 0.3) is 0 Å². The molecule has 0 saturated carbocycles. The molecule has 0 unspecified atom stereocenters. The first kappa shape index (κ1) is 13.9. The van der Waals surface area contributed by atoms with Crippen molar-refractivity contribution in [3.05, 3.63) is 52.8 Å². The Labute approximate surface area is 123 Å². The number of fused-ring (bicyclic) bond motifs is 1. The number of aryl methyl sites for hydroxylation is 1. The van der Waals surface area contributed by atoms with Gasteiger partial charge in [-0.15, -0.1) is 0 Å². The first-order valence-corrected chi connectivity index (χ1v) is 6.42. The average molecular weight is 312 g/mol. The number of benzene rings is 1. The van der Waals surface area contributed by atoms with Crippen molar-refractivity contribution in [1.29, 1.82) is 0 Å². The van der Waals surface area contributed by atoms with Crippen molar-refractivity contribution in [1.82, 2.24) is 14.6 Å². The van der Waals surface area contributed by atoms with Crippen molar-refractivity contribution in [3.8, 4) is 11.3 Å². The van der Waals surface area contributed by atoms with Crippen LogP contribution in [0, 0.1) is 6.92 Å². The number of imidazole rings is 1. The third kappa shape index (κ3) is 2.47. The zero-order valence-electron chi connectivity index (χ0n) is 10.8. The summed E-state index contributed by atoms with van der Waals surface area (Å²) in [7, 11) is 0. The van der Waals surface area contributed by atoms with Crippen LogP contribution in [0.1, 0.15) is 11.1 Å². The van der Waals surface area contributed by atoms with Crippen molar-refractivity contribution < 1.29 is 13.2 Å². The summed E-state index contributed by atoms with van der Waals surface area (Å²) < 4.78 is 39.8. The molecule has 0 N–H and O–H groups in total. The lowest BCUT2D eigenvalue weighted by molar-refractivity contribution is -0.137. The molecule has 0 spiro atoms. The summed E-state index contributed by atoms with van der Waals surface area (Å²) >= 11 is 5.97. The summed E-state index contributed by atoms with van der Waals surface area (Å²) in [6.45, 7) is 1.79. The maximum atomic E-state index is 12.8. The standard InChI is InChI=1S/C14H9ClF3N3/c1-8-5-12-19-7-11(21(12)20-13(8)15)9-3-2-4-10(6-9)14(16,17)18/h2-7H,1H3. The Morgan fingerprint density at radius 1 is 1.19 bits per heavy atom. The van der Waals surface area contributed by atoms with Crippen LogP contribution in [0.3, 0.4) is 0 Å². The van der Waals surface area contributed by atoms with Crippen LogP contribution in [0.5, 0.6) is 0 Å². The van der Waals surface area contributed by atoms with Gasteiger partial charge < -0.3 is 0 Å². The quantitative estimate of drug-likeness (QED) is 0.667. The molecule has 108 valence electrons. The third-order valence-corrected chi connectivity index (χ3v) is 3.48. The minimum atomic E-state index is -4.39. The van der Waals surface area contributed by atoms with E-state index in [9.17, 15) is 13.2 Å². The number of alkyl halides is 3. The van der Waals surface area contributed by atoms with E-state index in [1.165, 1.54) is 16.8 Å². The van der Waals surface area contributed by atoms with Gasteiger partial charge in [0.1, 0.15) is 0 Å². The minimum absolute atomic E-state index is 0.286. The Hall–Kier alpha value is -2.08. The number of rotatable bonds is 1. The van der Waals surface area contributed by atoms with Crippen LogP contribution in [0.4, 0.5) is 13.2 Å². The molecule has 3 rings (SSSR count). The van der Waals surface area contributed by atoms with Crippen LogP contribution in [-0.4, -0.2) is 14.6 Å². The molecule has 0 fully saturated rings. The fourth-order valence-corrected chi connectivity index (χ4v) is 2.17. The summed E-state index contributed by atoms with van der Waals surface area (Å²) in [4.78, 5) is 4.15. The minimum Gasteiger partial charge on any atom is -0.235 e. The van der Waals surface area contributed by atoms with Gasteiger partial charge in [-0.1, -0.05) is 23.7 Å². The fraction of sp³-hybridized carbons (Fsp3) is 0.143. The number of hydrogen-bond acceptors (Lipinski definition) is 2. The number of hydrogen-bond donors (Lipinski definition) is 0. The molecule has 0 amide bonds. The first-order chi connectivity index (χ1) is 9.86. The number of halogens is 4. The Morgan fingerprint density at radius 3 is 2.67 bits per heavy atom. The van der Waals surface area contributed by atoms with E-state index >= 15 is 0 Å². The molecule has 3 nitrogen and oxygen atoms in total. The van der Waals surface area contributed by atoms with E-state index in [1.54, 1.807) is 19.1 Å². The highest BCUT2D eigenvalue weighted by Gasteiger charge is 2.30. The van der Waals surface area contributed by atoms with E-state index in [2.05, 4.69) is 10.1 Å². The lowest BCUT2D eigenvalue weighted by Crippen LogP contribution is -2.05. The molecule has 0 bridgehead atoms. The monoisotopic (exact) mass is 311 g/mol. The lowest BCUT2D eigenvalue weighted by Gasteiger charge is -2.08. The second kappa shape index (κ2) is 4.73. The normalized spacial score (nSPS) is 12.0. The summed E-state index contributed by atoms with van der Waals surface area (Å²) in [5.74, 6) is 0. The van der Waals surface area contributed by atoms with E-state index in [0.29, 0.717) is 16.9 Å². The first-order valence-electron chi connectivity index (χ1n) is 6.05. The summed E-state index contributed by atoms with van der Waals surface area (Å²) in [6, 6.07) is 6.75. The van der Waals surface area contributed by atoms with Gasteiger partial charge in [-0.25, -0.2) is 9.50 Å². The summed E-state index contributed by atoms with van der Waals surface area (Å²) in [5.41, 5.74) is 1.41. The van der Waals surface area contributed by atoms with Gasteiger partial charge in [-0.2, -0.15) is 18.3 Å². The molecule has 3 aromatic rings. The summed E-state index contributed by atoms with van der Waals surface area (Å²) in [6.07, 6.45) is -2.91. The zero-order valence-corrected chi connectivity index (χ0v) is 11.6. The number of aromatic nitrogens is 3. The second-order valence-electron chi connectivity index (χ2n) is 4.61. The highest BCUT2D eigenvalue weighted by atomic mass is 35.5. The highest BCUT2D eigenvalue weighted by Crippen LogP contribution is 2.32. The second-order valence-corrected chi connectivity index (χ2v) is 4.97. The van der Waals surface area contributed by atoms with Crippen LogP contribution < -0.4 is 0 Å². The lowest BCUT2D eigenvalue weighted by atomic mass is 10.1. The molecule has 2 aromatic heterocycles. The predicted molar refractivity (Wildman–Crippen MR) is 73.2 cm³/mol. The molecule has 0 saturated heterocycles. The van der Waals surface area contributed by atoms with Crippen molar-refractivity contribution >= 4 is 17.2 Å². The molecule has 7 heteroatoms. The average Bonchev–Trinajstić information content (AvgIpc) is 2.81. The van der Waals surface area contributed by atoms with Gasteiger partial charge in [-0.3, -0.25) is 0 Å². The maximum absolute atomic E-state index is 12.8. The molecular weight excluding hydrogens is 303 g/mol. The Morgan fingerprint density at radius 2 is 1.95 bits per heavy atom. The van der Waals surface area contributed by atoms with Crippen LogP contribution in [-0.2, 0) is 6.18 Å². The fourth-order valence-electron chi connectivity index (χ4n) is 2.04. The van der Waals surface area contributed by atoms with Crippen molar-refractivity contribution in [3.63, 3.8) is 0 Å². The van der Waals surface area contributed by atoms with Crippen LogP contribution in [0.25, 0.3) is 16.9 Å². The molecule has 0 aliphatic heterocycles. The maximum Gasteiger partial charge on any atom is 0.416 e. The van der Waals surface area contributed by atoms with Crippen molar-refractivity contribution in [2.24, 2.45) is 0 Å². The highest BCUT2D eigenvalue weighted by molar-refractivity contribution is 6.30. The largest absolute Gasteiger partial charge is 0.416 e. The Bertz CT molecular complexity index is 824. The molecule has 0 atom stereocenters. The van der Waals surface area contributed by atoms with E-state index < -0.39 is 11.7 Å². The third-order valence-electron chi connectivity index (χ3n) is 3.11. The van der Waals surface area contributed by atoms with Gasteiger partial charge in [0.05, 0.1) is 17.5 Å². The Balaban J connectivity index is 2.19. The van der Waals surface area contributed by atoms with Gasteiger partial charge in [0.15, 0.2) is 10.8 Å². The molecule has 21 heavy (non-hydrogen) atoms. The molecule has 1 aromatic carbocycles. The molecule has 0 aliphatic rings. The van der Waals surface area contributed by atoms with Gasteiger partial charge in [-0.05, 0) is 30.7 Å². The van der Waals surface area contributed by atoms with Crippen molar-refractivity contribution in [2.45, 2.75) is 13.1 Å². The van der Waals surface area contributed by atoms with E-state index in [-0.39, 0.29) is 5.15 Å². The molecule has 2 heterocycles. The molecule has 0 radical (unpaired) electrons. The van der Waals surface area contributed by atoms with Crippen molar-refractivity contribution in [2.75, 3.05) is 0 Å². The molecular formula is C14H9ClF3N3. The smallest absolute Gasteiger partial charge is 0.235 e. The zero-order chi connectivity index (χ0) is 15.2.